The number of nitriles is 1. The number of anilines is 2. The maximum Gasteiger partial charge on any atom is 0.433 e. The van der Waals surface area contributed by atoms with Crippen LogP contribution < -0.4 is 5.32 Å². The molecule has 0 aliphatic carbocycles. The van der Waals surface area contributed by atoms with E-state index in [0.717, 1.165) is 23.3 Å². The Balaban J connectivity index is 2.48. The monoisotopic (exact) mass is 291 g/mol. The molecule has 0 saturated heterocycles. The van der Waals surface area contributed by atoms with E-state index in [9.17, 15) is 13.2 Å². The second-order valence-corrected chi connectivity index (χ2v) is 4.57. The highest BCUT2D eigenvalue weighted by Gasteiger charge is 2.33. The van der Waals surface area contributed by atoms with Crippen molar-refractivity contribution in [1.82, 2.24) is 4.98 Å². The Hall–Kier alpha value is -2.55. The second kappa shape index (κ2) is 5.44. The SMILES string of the molecule is Cc1cccc(Nc2nc(C(F)(F)F)ccc2C#N)c1C. The fraction of sp³-hybridized carbons (Fsp3) is 0.200. The number of hydrogen-bond donors (Lipinski definition) is 1. The molecule has 2 aromatic rings. The van der Waals surface area contributed by atoms with Crippen molar-refractivity contribution in [2.24, 2.45) is 0 Å². The Morgan fingerprint density at radius 3 is 2.48 bits per heavy atom. The van der Waals surface area contributed by atoms with E-state index in [1.165, 1.54) is 0 Å². The van der Waals surface area contributed by atoms with Crippen LogP contribution in [0.5, 0.6) is 0 Å². The zero-order valence-corrected chi connectivity index (χ0v) is 11.4. The van der Waals surface area contributed by atoms with Crippen molar-refractivity contribution in [2.45, 2.75) is 20.0 Å². The molecule has 0 saturated carbocycles. The standard InChI is InChI=1S/C15H12F3N3/c1-9-4-3-5-12(10(9)2)20-14-11(8-19)6-7-13(21-14)15(16,17)18/h3-7H,1-2H3,(H,20,21). The molecule has 0 bridgehead atoms. The molecule has 3 nitrogen and oxygen atoms in total. The average Bonchev–Trinajstić information content (AvgIpc) is 2.43. The number of halogens is 3. The van der Waals surface area contributed by atoms with Crippen LogP contribution in [0.4, 0.5) is 24.7 Å². The van der Waals surface area contributed by atoms with Crippen LogP contribution in [-0.4, -0.2) is 4.98 Å². The van der Waals surface area contributed by atoms with Gasteiger partial charge in [0.2, 0.25) is 0 Å². The molecular formula is C15H12F3N3. The van der Waals surface area contributed by atoms with Crippen molar-refractivity contribution in [3.63, 3.8) is 0 Å². The summed E-state index contributed by atoms with van der Waals surface area (Å²) < 4.78 is 38.1. The number of rotatable bonds is 2. The molecule has 21 heavy (non-hydrogen) atoms. The zero-order valence-electron chi connectivity index (χ0n) is 11.4. The van der Waals surface area contributed by atoms with E-state index < -0.39 is 11.9 Å². The fourth-order valence-corrected chi connectivity index (χ4v) is 1.82. The predicted molar refractivity (Wildman–Crippen MR) is 73.2 cm³/mol. The summed E-state index contributed by atoms with van der Waals surface area (Å²) in [7, 11) is 0. The van der Waals surface area contributed by atoms with E-state index in [0.29, 0.717) is 5.69 Å². The van der Waals surface area contributed by atoms with Crippen LogP contribution in [0.15, 0.2) is 30.3 Å². The summed E-state index contributed by atoms with van der Waals surface area (Å²) in [6, 6.07) is 9.15. The first-order valence-electron chi connectivity index (χ1n) is 6.14. The normalized spacial score (nSPS) is 11.0. The Morgan fingerprint density at radius 2 is 1.86 bits per heavy atom. The predicted octanol–water partition coefficient (Wildman–Crippen LogP) is 4.33. The van der Waals surface area contributed by atoms with Crippen LogP contribution in [0, 0.1) is 25.2 Å². The van der Waals surface area contributed by atoms with Crippen LogP contribution in [0.2, 0.25) is 0 Å². The van der Waals surface area contributed by atoms with Gasteiger partial charge in [0.15, 0.2) is 0 Å². The molecule has 1 heterocycles. The quantitative estimate of drug-likeness (QED) is 0.895. The van der Waals surface area contributed by atoms with Crippen LogP contribution in [0.1, 0.15) is 22.4 Å². The number of alkyl halides is 3. The molecule has 0 aliphatic rings. The maximum atomic E-state index is 12.7. The lowest BCUT2D eigenvalue weighted by Gasteiger charge is -2.13. The summed E-state index contributed by atoms with van der Waals surface area (Å²) in [6.45, 7) is 3.74. The van der Waals surface area contributed by atoms with E-state index in [1.54, 1.807) is 12.1 Å². The van der Waals surface area contributed by atoms with Gasteiger partial charge in [-0.25, -0.2) is 4.98 Å². The van der Waals surface area contributed by atoms with E-state index in [1.807, 2.05) is 26.0 Å². The summed E-state index contributed by atoms with van der Waals surface area (Å²) in [5.74, 6) is -0.0963. The van der Waals surface area contributed by atoms with Crippen LogP contribution in [-0.2, 0) is 6.18 Å². The van der Waals surface area contributed by atoms with Crippen LogP contribution >= 0.6 is 0 Å². The molecule has 0 aliphatic heterocycles. The second-order valence-electron chi connectivity index (χ2n) is 4.57. The van der Waals surface area contributed by atoms with Gasteiger partial charge in [0.1, 0.15) is 17.6 Å². The van der Waals surface area contributed by atoms with E-state index in [-0.39, 0.29) is 11.4 Å². The molecule has 2 rings (SSSR count). The Labute approximate surface area is 120 Å². The molecule has 0 fully saturated rings. The van der Waals surface area contributed by atoms with Crippen molar-refractivity contribution in [3.8, 4) is 6.07 Å². The van der Waals surface area contributed by atoms with Crippen LogP contribution in [0.25, 0.3) is 0 Å². The maximum absolute atomic E-state index is 12.7. The highest BCUT2D eigenvalue weighted by Crippen LogP contribution is 2.31. The van der Waals surface area contributed by atoms with Gasteiger partial charge in [-0.3, -0.25) is 0 Å². The number of benzene rings is 1. The molecule has 6 heteroatoms. The van der Waals surface area contributed by atoms with Gasteiger partial charge in [-0.1, -0.05) is 12.1 Å². The van der Waals surface area contributed by atoms with E-state index in [4.69, 9.17) is 5.26 Å². The third-order valence-corrected chi connectivity index (χ3v) is 3.16. The summed E-state index contributed by atoms with van der Waals surface area (Å²) in [5, 5.41) is 11.8. The minimum absolute atomic E-state index is 0.0592. The van der Waals surface area contributed by atoms with Gasteiger partial charge in [-0.2, -0.15) is 18.4 Å². The van der Waals surface area contributed by atoms with Gasteiger partial charge in [0.25, 0.3) is 0 Å². The average molecular weight is 291 g/mol. The smallest absolute Gasteiger partial charge is 0.339 e. The first-order valence-corrected chi connectivity index (χ1v) is 6.14. The summed E-state index contributed by atoms with van der Waals surface area (Å²) in [6.07, 6.45) is -4.55. The molecule has 1 aromatic carbocycles. The number of hydrogen-bond acceptors (Lipinski definition) is 3. The highest BCUT2D eigenvalue weighted by molar-refractivity contribution is 5.66. The lowest BCUT2D eigenvalue weighted by molar-refractivity contribution is -0.141. The first-order chi connectivity index (χ1) is 9.82. The number of aromatic nitrogens is 1. The Kier molecular flexibility index (Phi) is 3.85. The molecule has 0 unspecified atom stereocenters. The molecule has 1 N–H and O–H groups in total. The molecule has 0 radical (unpaired) electrons. The van der Waals surface area contributed by atoms with Crippen molar-refractivity contribution in [3.05, 3.63) is 52.7 Å². The van der Waals surface area contributed by atoms with Gasteiger partial charge in [-0.15, -0.1) is 0 Å². The van der Waals surface area contributed by atoms with Crippen molar-refractivity contribution in [1.29, 1.82) is 5.26 Å². The summed E-state index contributed by atoms with van der Waals surface area (Å²) >= 11 is 0. The Morgan fingerprint density at radius 1 is 1.14 bits per heavy atom. The molecule has 0 amide bonds. The van der Waals surface area contributed by atoms with Gasteiger partial charge in [0.05, 0.1) is 5.56 Å². The number of pyridine rings is 1. The lowest BCUT2D eigenvalue weighted by Crippen LogP contribution is -2.10. The minimum atomic E-state index is -4.55. The van der Waals surface area contributed by atoms with Gasteiger partial charge >= 0.3 is 6.18 Å². The number of nitrogens with zero attached hydrogens (tertiary/aromatic N) is 2. The molecule has 1 aromatic heterocycles. The van der Waals surface area contributed by atoms with E-state index >= 15 is 0 Å². The zero-order chi connectivity index (χ0) is 15.6. The third-order valence-electron chi connectivity index (χ3n) is 3.16. The highest BCUT2D eigenvalue weighted by atomic mass is 19.4. The summed E-state index contributed by atoms with van der Waals surface area (Å²) in [4.78, 5) is 3.52. The minimum Gasteiger partial charge on any atom is -0.339 e. The van der Waals surface area contributed by atoms with Crippen molar-refractivity contribution < 1.29 is 13.2 Å². The molecule has 108 valence electrons. The molecular weight excluding hydrogens is 279 g/mol. The first kappa shape index (κ1) is 14.9. The van der Waals surface area contributed by atoms with E-state index in [2.05, 4.69) is 10.3 Å². The molecule has 0 spiro atoms. The largest absolute Gasteiger partial charge is 0.433 e. The van der Waals surface area contributed by atoms with Crippen molar-refractivity contribution in [2.75, 3.05) is 5.32 Å². The third kappa shape index (κ3) is 3.14. The van der Waals surface area contributed by atoms with Gasteiger partial charge in [-0.05, 0) is 43.2 Å². The van der Waals surface area contributed by atoms with Gasteiger partial charge in [0, 0.05) is 5.69 Å². The number of nitrogens with one attached hydrogen (secondary N) is 1. The lowest BCUT2D eigenvalue weighted by atomic mass is 10.1. The Bertz CT molecular complexity index is 715. The van der Waals surface area contributed by atoms with Crippen LogP contribution in [0.3, 0.4) is 0 Å². The fourth-order valence-electron chi connectivity index (χ4n) is 1.82. The van der Waals surface area contributed by atoms with Gasteiger partial charge < -0.3 is 5.32 Å². The number of aryl methyl sites for hydroxylation is 1. The molecule has 0 atom stereocenters. The topological polar surface area (TPSA) is 48.7 Å². The summed E-state index contributed by atoms with van der Waals surface area (Å²) in [5.41, 5.74) is 1.53. The van der Waals surface area contributed by atoms with Crippen molar-refractivity contribution >= 4 is 11.5 Å².